The molecule has 0 saturated heterocycles. The van der Waals surface area contributed by atoms with E-state index in [9.17, 15) is 4.21 Å². The summed E-state index contributed by atoms with van der Waals surface area (Å²) in [6, 6.07) is 6.05. The van der Waals surface area contributed by atoms with Gasteiger partial charge in [-0.25, -0.2) is 0 Å². The second-order valence-corrected chi connectivity index (χ2v) is 6.54. The van der Waals surface area contributed by atoms with E-state index >= 15 is 0 Å². The van der Waals surface area contributed by atoms with E-state index in [2.05, 4.69) is 16.5 Å². The Labute approximate surface area is 120 Å². The summed E-state index contributed by atoms with van der Waals surface area (Å²) in [6.07, 6.45) is 2.56. The minimum atomic E-state index is -0.776. The summed E-state index contributed by atoms with van der Waals surface area (Å²) in [5.41, 5.74) is 2.02. The molecule has 1 heterocycles. The van der Waals surface area contributed by atoms with E-state index in [1.807, 2.05) is 18.2 Å². The fourth-order valence-electron chi connectivity index (χ4n) is 2.13. The molecule has 1 aromatic heterocycles. The highest BCUT2D eigenvalue weighted by molar-refractivity contribution is 7.84. The van der Waals surface area contributed by atoms with Gasteiger partial charge in [0, 0.05) is 34.9 Å². The molecular weight excluding hydrogens is 280 g/mol. The number of fused-ring (bicyclic) bond motifs is 1. The first-order valence-electron chi connectivity index (χ1n) is 6.11. The number of hydrogen-bond acceptors (Lipinski definition) is 3. The maximum absolute atomic E-state index is 11.2. The van der Waals surface area contributed by atoms with Crippen molar-refractivity contribution in [3.05, 3.63) is 23.0 Å². The molecule has 104 valence electrons. The second kappa shape index (κ2) is 5.88. The molecular formula is C13H18N2O2S2. The molecule has 0 aliphatic carbocycles. The third-order valence-electron chi connectivity index (χ3n) is 3.19. The number of methoxy groups -OCH3 is 1. The molecule has 0 aliphatic rings. The molecule has 19 heavy (non-hydrogen) atoms. The van der Waals surface area contributed by atoms with E-state index in [1.165, 1.54) is 0 Å². The predicted octanol–water partition coefficient (Wildman–Crippen LogP) is 3.04. The van der Waals surface area contributed by atoms with Gasteiger partial charge in [-0.05, 0) is 37.7 Å². The normalized spacial score (nSPS) is 14.5. The third kappa shape index (κ3) is 3.06. The van der Waals surface area contributed by atoms with Crippen molar-refractivity contribution in [2.75, 3.05) is 19.1 Å². The zero-order chi connectivity index (χ0) is 14.0. The lowest BCUT2D eigenvalue weighted by molar-refractivity contribution is 0.415. The van der Waals surface area contributed by atoms with Gasteiger partial charge < -0.3 is 14.3 Å². The van der Waals surface area contributed by atoms with Crippen LogP contribution in [0, 0.1) is 4.77 Å². The van der Waals surface area contributed by atoms with Crippen molar-refractivity contribution in [3.63, 3.8) is 0 Å². The van der Waals surface area contributed by atoms with Crippen LogP contribution in [0.1, 0.15) is 19.4 Å². The highest BCUT2D eigenvalue weighted by atomic mass is 32.2. The van der Waals surface area contributed by atoms with Crippen LogP contribution in [-0.4, -0.2) is 32.9 Å². The molecule has 0 radical (unpaired) electrons. The number of benzene rings is 1. The number of hydrogen-bond donors (Lipinski definition) is 1. The Kier molecular flexibility index (Phi) is 4.42. The average molecular weight is 298 g/mol. The second-order valence-electron chi connectivity index (χ2n) is 4.60. The van der Waals surface area contributed by atoms with E-state index < -0.39 is 10.8 Å². The van der Waals surface area contributed by atoms with Crippen molar-refractivity contribution in [1.82, 2.24) is 9.55 Å². The number of H-pyrrole nitrogens is 1. The Bertz CT molecular complexity index is 660. The molecule has 0 aliphatic heterocycles. The highest BCUT2D eigenvalue weighted by Gasteiger charge is 2.12. The summed E-state index contributed by atoms with van der Waals surface area (Å²) in [5, 5.41) is 0. The largest absolute Gasteiger partial charge is 0.497 e. The molecule has 6 heteroatoms. The third-order valence-corrected chi connectivity index (χ3v) is 4.30. The minimum Gasteiger partial charge on any atom is -0.497 e. The van der Waals surface area contributed by atoms with Crippen LogP contribution in [0.2, 0.25) is 0 Å². The van der Waals surface area contributed by atoms with Gasteiger partial charge in [-0.3, -0.25) is 4.21 Å². The van der Waals surface area contributed by atoms with Gasteiger partial charge in [-0.1, -0.05) is 0 Å². The molecule has 2 unspecified atom stereocenters. The maximum atomic E-state index is 11.2. The first-order valence-corrected chi connectivity index (χ1v) is 8.24. The van der Waals surface area contributed by atoms with Crippen molar-refractivity contribution in [1.29, 1.82) is 0 Å². The lowest BCUT2D eigenvalue weighted by Gasteiger charge is -2.14. The summed E-state index contributed by atoms with van der Waals surface area (Å²) < 4.78 is 19.2. The Morgan fingerprint density at radius 1 is 1.53 bits per heavy atom. The summed E-state index contributed by atoms with van der Waals surface area (Å²) in [4.78, 5) is 3.19. The smallest absolute Gasteiger partial charge is 0.178 e. The van der Waals surface area contributed by atoms with Gasteiger partial charge >= 0.3 is 0 Å². The summed E-state index contributed by atoms with van der Waals surface area (Å²) >= 11 is 5.38. The fraction of sp³-hybridized carbons (Fsp3) is 0.462. The predicted molar refractivity (Wildman–Crippen MR) is 81.9 cm³/mol. The van der Waals surface area contributed by atoms with Crippen LogP contribution >= 0.6 is 12.2 Å². The number of ether oxygens (including phenoxy) is 1. The molecule has 2 aromatic rings. The van der Waals surface area contributed by atoms with Crippen LogP contribution in [0.4, 0.5) is 0 Å². The molecule has 0 bridgehead atoms. The van der Waals surface area contributed by atoms with Gasteiger partial charge in [0.2, 0.25) is 0 Å². The topological polar surface area (TPSA) is 47.0 Å². The zero-order valence-electron chi connectivity index (χ0n) is 11.3. The number of rotatable bonds is 5. The summed E-state index contributed by atoms with van der Waals surface area (Å²) in [6.45, 7) is 2.09. The lowest BCUT2D eigenvalue weighted by Crippen LogP contribution is -2.09. The van der Waals surface area contributed by atoms with Crippen molar-refractivity contribution in [3.8, 4) is 5.75 Å². The van der Waals surface area contributed by atoms with Gasteiger partial charge in [0.1, 0.15) is 5.75 Å². The monoisotopic (exact) mass is 298 g/mol. The molecule has 2 rings (SSSR count). The van der Waals surface area contributed by atoms with Gasteiger partial charge in [0.15, 0.2) is 4.77 Å². The van der Waals surface area contributed by atoms with Crippen LogP contribution in [0.3, 0.4) is 0 Å². The molecule has 0 spiro atoms. The van der Waals surface area contributed by atoms with Crippen molar-refractivity contribution in [2.24, 2.45) is 0 Å². The van der Waals surface area contributed by atoms with Gasteiger partial charge in [0.05, 0.1) is 18.1 Å². The SMILES string of the molecule is COc1ccc2[nH]c(=S)n(C(C)CCS(C)=O)c2c1. The van der Waals surface area contributed by atoms with Crippen LogP contribution in [0.15, 0.2) is 18.2 Å². The van der Waals surface area contributed by atoms with Gasteiger partial charge in [-0.2, -0.15) is 0 Å². The summed E-state index contributed by atoms with van der Waals surface area (Å²) in [7, 11) is 0.873. The van der Waals surface area contributed by atoms with Gasteiger partial charge in [-0.15, -0.1) is 0 Å². The quantitative estimate of drug-likeness (QED) is 0.863. The molecule has 1 aromatic carbocycles. The molecule has 0 fully saturated rings. The van der Waals surface area contributed by atoms with Crippen LogP contribution in [0.5, 0.6) is 5.75 Å². The number of aromatic nitrogens is 2. The maximum Gasteiger partial charge on any atom is 0.178 e. The van der Waals surface area contributed by atoms with Crippen molar-refractivity contribution < 1.29 is 8.95 Å². The molecule has 0 saturated carbocycles. The Balaban J connectivity index is 2.43. The number of imidazole rings is 1. The van der Waals surface area contributed by atoms with Crippen LogP contribution < -0.4 is 4.74 Å². The Hall–Kier alpha value is -1.14. The fourth-order valence-corrected chi connectivity index (χ4v) is 3.19. The number of aromatic amines is 1. The number of nitrogens with zero attached hydrogens (tertiary/aromatic N) is 1. The average Bonchev–Trinajstić information content (AvgIpc) is 2.70. The minimum absolute atomic E-state index is 0.206. The molecule has 2 atom stereocenters. The van der Waals surface area contributed by atoms with Crippen LogP contribution in [-0.2, 0) is 10.8 Å². The van der Waals surface area contributed by atoms with E-state index in [4.69, 9.17) is 17.0 Å². The zero-order valence-corrected chi connectivity index (χ0v) is 12.9. The Morgan fingerprint density at radius 3 is 2.89 bits per heavy atom. The first kappa shape index (κ1) is 14.3. The molecule has 4 nitrogen and oxygen atoms in total. The van der Waals surface area contributed by atoms with Crippen LogP contribution in [0.25, 0.3) is 11.0 Å². The number of nitrogens with one attached hydrogen (secondary N) is 1. The summed E-state index contributed by atoms with van der Waals surface area (Å²) in [5.74, 6) is 1.49. The van der Waals surface area contributed by atoms with Crippen molar-refractivity contribution >= 4 is 34.1 Å². The van der Waals surface area contributed by atoms with Crippen molar-refractivity contribution in [2.45, 2.75) is 19.4 Å². The molecule has 0 amide bonds. The van der Waals surface area contributed by atoms with Gasteiger partial charge in [0.25, 0.3) is 0 Å². The van der Waals surface area contributed by atoms with E-state index in [0.717, 1.165) is 23.2 Å². The standard InChI is InChI=1S/C13H18N2O2S2/c1-9(6-7-19(3)16)15-12-8-10(17-2)4-5-11(12)14-13(15)18/h4-5,8-9H,6-7H2,1-3H3,(H,14,18). The van der Waals surface area contributed by atoms with E-state index in [0.29, 0.717) is 10.5 Å². The highest BCUT2D eigenvalue weighted by Crippen LogP contribution is 2.25. The first-order chi connectivity index (χ1) is 9.02. The van der Waals surface area contributed by atoms with E-state index in [1.54, 1.807) is 13.4 Å². The van der Waals surface area contributed by atoms with E-state index in [-0.39, 0.29) is 6.04 Å². The molecule has 1 N–H and O–H groups in total. The Morgan fingerprint density at radius 2 is 2.26 bits per heavy atom. The lowest BCUT2D eigenvalue weighted by atomic mass is 10.2.